The lowest BCUT2D eigenvalue weighted by Gasteiger charge is -2.22. The summed E-state index contributed by atoms with van der Waals surface area (Å²) in [6.45, 7) is 6.15. The summed E-state index contributed by atoms with van der Waals surface area (Å²) in [7, 11) is 0. The molecule has 1 aromatic rings. The van der Waals surface area contributed by atoms with Crippen LogP contribution < -0.4 is 4.90 Å². The number of nitrogens with zero attached hydrogens (tertiary/aromatic N) is 3. The fraction of sp³-hybridized carbons (Fsp3) is 0.600. The lowest BCUT2D eigenvalue weighted by atomic mass is 10.3. The third-order valence-electron chi connectivity index (χ3n) is 2.10. The van der Waals surface area contributed by atoms with Crippen molar-refractivity contribution in [3.8, 4) is 0 Å². The zero-order valence-electron chi connectivity index (χ0n) is 8.70. The highest BCUT2D eigenvalue weighted by Crippen LogP contribution is 2.13. The molecule has 0 saturated heterocycles. The van der Waals surface area contributed by atoms with Crippen molar-refractivity contribution >= 4 is 21.7 Å². The van der Waals surface area contributed by atoms with Crippen LogP contribution in [0, 0.1) is 6.92 Å². The molecule has 0 radical (unpaired) electrons. The van der Waals surface area contributed by atoms with Crippen LogP contribution in [0.25, 0.3) is 0 Å². The Labute approximate surface area is 93.7 Å². The van der Waals surface area contributed by atoms with Crippen LogP contribution in [0.5, 0.6) is 0 Å². The molecule has 1 aromatic heterocycles. The third-order valence-corrected chi connectivity index (χ3v) is 2.66. The van der Waals surface area contributed by atoms with Gasteiger partial charge in [0.15, 0.2) is 0 Å². The van der Waals surface area contributed by atoms with Gasteiger partial charge in [0.25, 0.3) is 0 Å². The van der Waals surface area contributed by atoms with Gasteiger partial charge in [0.05, 0.1) is 5.69 Å². The van der Waals surface area contributed by atoms with E-state index in [9.17, 15) is 0 Å². The summed E-state index contributed by atoms with van der Waals surface area (Å²) in [5, 5.41) is 1.03. The Morgan fingerprint density at radius 2 is 2.07 bits per heavy atom. The second-order valence-electron chi connectivity index (χ2n) is 3.09. The number of aromatic nitrogens is 2. The van der Waals surface area contributed by atoms with E-state index in [1.807, 2.05) is 6.92 Å². The van der Waals surface area contributed by atoms with E-state index in [2.05, 4.69) is 37.7 Å². The molecule has 0 aliphatic rings. The summed E-state index contributed by atoms with van der Waals surface area (Å²) in [5.41, 5.74) is 1.00. The molecule has 14 heavy (non-hydrogen) atoms. The maximum absolute atomic E-state index is 4.35. The number of rotatable bonds is 5. The minimum Gasteiger partial charge on any atom is -0.355 e. The van der Waals surface area contributed by atoms with E-state index in [1.54, 1.807) is 12.4 Å². The molecule has 3 nitrogen and oxygen atoms in total. The zero-order valence-corrected chi connectivity index (χ0v) is 10.3. The molecule has 78 valence electrons. The van der Waals surface area contributed by atoms with Gasteiger partial charge >= 0.3 is 0 Å². The largest absolute Gasteiger partial charge is 0.355 e. The van der Waals surface area contributed by atoms with Gasteiger partial charge in [-0.05, 0) is 20.3 Å². The fourth-order valence-corrected chi connectivity index (χ4v) is 1.63. The summed E-state index contributed by atoms with van der Waals surface area (Å²) in [5.74, 6) is 1.01. The van der Waals surface area contributed by atoms with Gasteiger partial charge in [-0.2, -0.15) is 0 Å². The van der Waals surface area contributed by atoms with Gasteiger partial charge in [-0.1, -0.05) is 15.9 Å². The highest BCUT2D eigenvalue weighted by atomic mass is 79.9. The monoisotopic (exact) mass is 257 g/mol. The van der Waals surface area contributed by atoms with Crippen LogP contribution in [0.4, 0.5) is 5.82 Å². The van der Waals surface area contributed by atoms with Gasteiger partial charge in [-0.25, -0.2) is 4.98 Å². The molecule has 0 aliphatic carbocycles. The highest BCUT2D eigenvalue weighted by Gasteiger charge is 2.07. The van der Waals surface area contributed by atoms with Crippen LogP contribution in [-0.2, 0) is 0 Å². The van der Waals surface area contributed by atoms with Crippen molar-refractivity contribution in [1.82, 2.24) is 9.97 Å². The zero-order chi connectivity index (χ0) is 10.4. The van der Waals surface area contributed by atoms with Crippen LogP contribution >= 0.6 is 15.9 Å². The van der Waals surface area contributed by atoms with Gasteiger partial charge in [-0.3, -0.25) is 4.98 Å². The molecule has 0 saturated carbocycles. The van der Waals surface area contributed by atoms with E-state index in [-0.39, 0.29) is 0 Å². The molecular weight excluding hydrogens is 242 g/mol. The fourth-order valence-electron chi connectivity index (χ4n) is 1.38. The van der Waals surface area contributed by atoms with Crippen molar-refractivity contribution in [2.75, 3.05) is 23.3 Å². The van der Waals surface area contributed by atoms with E-state index in [1.165, 1.54) is 0 Å². The SMILES string of the molecule is CCN(CCCBr)c1nccnc1C. The molecule has 0 unspecified atom stereocenters. The Hall–Kier alpha value is -0.640. The Balaban J connectivity index is 2.73. The summed E-state index contributed by atoms with van der Waals surface area (Å²) in [4.78, 5) is 10.8. The number of anilines is 1. The van der Waals surface area contributed by atoms with Gasteiger partial charge in [-0.15, -0.1) is 0 Å². The van der Waals surface area contributed by atoms with Crippen molar-refractivity contribution in [2.45, 2.75) is 20.3 Å². The second-order valence-corrected chi connectivity index (χ2v) is 3.88. The van der Waals surface area contributed by atoms with Gasteiger partial charge in [0.2, 0.25) is 0 Å². The van der Waals surface area contributed by atoms with E-state index in [0.717, 1.165) is 36.4 Å². The number of hydrogen-bond donors (Lipinski definition) is 0. The minimum atomic E-state index is 0.979. The summed E-state index contributed by atoms with van der Waals surface area (Å²) < 4.78 is 0. The molecule has 1 rings (SSSR count). The van der Waals surface area contributed by atoms with Crippen LogP contribution in [0.15, 0.2) is 12.4 Å². The van der Waals surface area contributed by atoms with E-state index < -0.39 is 0 Å². The molecule has 0 fully saturated rings. The van der Waals surface area contributed by atoms with E-state index in [4.69, 9.17) is 0 Å². The Kier molecular flexibility index (Phi) is 4.87. The van der Waals surface area contributed by atoms with Gasteiger partial charge in [0.1, 0.15) is 5.82 Å². The van der Waals surface area contributed by atoms with Gasteiger partial charge < -0.3 is 4.90 Å². The molecule has 0 aromatic carbocycles. The van der Waals surface area contributed by atoms with Crippen LogP contribution in [0.1, 0.15) is 19.0 Å². The highest BCUT2D eigenvalue weighted by molar-refractivity contribution is 9.09. The normalized spacial score (nSPS) is 10.2. The van der Waals surface area contributed by atoms with Crippen LogP contribution in [-0.4, -0.2) is 28.4 Å². The molecule has 0 amide bonds. The summed E-state index contributed by atoms with van der Waals surface area (Å²) in [6.07, 6.45) is 4.61. The quantitative estimate of drug-likeness (QED) is 0.759. The molecule has 0 aliphatic heterocycles. The lowest BCUT2D eigenvalue weighted by Crippen LogP contribution is -2.26. The average molecular weight is 258 g/mol. The minimum absolute atomic E-state index is 0.979. The average Bonchev–Trinajstić information content (AvgIpc) is 2.21. The molecule has 0 bridgehead atoms. The van der Waals surface area contributed by atoms with Crippen molar-refractivity contribution in [2.24, 2.45) is 0 Å². The van der Waals surface area contributed by atoms with Crippen molar-refractivity contribution in [1.29, 1.82) is 0 Å². The third kappa shape index (κ3) is 2.94. The van der Waals surface area contributed by atoms with Crippen molar-refractivity contribution in [3.63, 3.8) is 0 Å². The van der Waals surface area contributed by atoms with E-state index in [0.29, 0.717) is 0 Å². The predicted octanol–water partition coefficient (Wildman–Crippen LogP) is 2.40. The predicted molar refractivity (Wildman–Crippen MR) is 63.1 cm³/mol. The number of halogens is 1. The molecular formula is C10H16BrN3. The first-order chi connectivity index (χ1) is 6.79. The standard InChI is InChI=1S/C10H16BrN3/c1-3-14(8-4-5-11)10-9(2)12-6-7-13-10/h6-7H,3-5,8H2,1-2H3. The molecule has 0 spiro atoms. The number of aryl methyl sites for hydroxylation is 1. The Morgan fingerprint density at radius 3 is 2.64 bits per heavy atom. The molecule has 4 heteroatoms. The molecule has 1 heterocycles. The first-order valence-corrected chi connectivity index (χ1v) is 6.00. The maximum Gasteiger partial charge on any atom is 0.150 e. The smallest absolute Gasteiger partial charge is 0.150 e. The first kappa shape index (κ1) is 11.4. The summed E-state index contributed by atoms with van der Waals surface area (Å²) >= 11 is 3.44. The van der Waals surface area contributed by atoms with Gasteiger partial charge in [0, 0.05) is 30.8 Å². The first-order valence-electron chi connectivity index (χ1n) is 4.88. The maximum atomic E-state index is 4.35. The lowest BCUT2D eigenvalue weighted by molar-refractivity contribution is 0.776. The number of alkyl halides is 1. The second kappa shape index (κ2) is 5.96. The van der Waals surface area contributed by atoms with Crippen molar-refractivity contribution in [3.05, 3.63) is 18.1 Å². The Bertz CT molecular complexity index is 278. The van der Waals surface area contributed by atoms with Crippen molar-refractivity contribution < 1.29 is 0 Å². The topological polar surface area (TPSA) is 29.0 Å². The van der Waals surface area contributed by atoms with Crippen LogP contribution in [0.2, 0.25) is 0 Å². The molecule has 0 N–H and O–H groups in total. The number of hydrogen-bond acceptors (Lipinski definition) is 3. The Morgan fingerprint density at radius 1 is 1.36 bits per heavy atom. The van der Waals surface area contributed by atoms with Crippen LogP contribution in [0.3, 0.4) is 0 Å². The van der Waals surface area contributed by atoms with E-state index >= 15 is 0 Å². The summed E-state index contributed by atoms with van der Waals surface area (Å²) in [6, 6.07) is 0. The molecule has 0 atom stereocenters.